The third kappa shape index (κ3) is 3.28. The summed E-state index contributed by atoms with van der Waals surface area (Å²) in [6.07, 6.45) is -4.59. The molecule has 0 atom stereocenters. The fourth-order valence-corrected chi connectivity index (χ4v) is 1.38. The molecule has 0 aromatic heterocycles. The summed E-state index contributed by atoms with van der Waals surface area (Å²) in [4.78, 5) is 0. The fraction of sp³-hybridized carbons (Fsp3) is 0.364. The molecule has 0 amide bonds. The number of nitrogens with one attached hydrogen (secondary N) is 1. The molecule has 0 unspecified atom stereocenters. The van der Waals surface area contributed by atoms with Gasteiger partial charge in [-0.25, -0.2) is 0 Å². The van der Waals surface area contributed by atoms with Crippen molar-refractivity contribution in [3.05, 3.63) is 23.3 Å². The molecule has 1 aromatic rings. The molecule has 1 aromatic carbocycles. The van der Waals surface area contributed by atoms with Crippen molar-refractivity contribution < 1.29 is 17.9 Å². The molecule has 1 rings (SSSR count). The van der Waals surface area contributed by atoms with Crippen LogP contribution in [0.25, 0.3) is 0 Å². The Balaban J connectivity index is 3.08. The minimum atomic E-state index is -4.59. The lowest BCUT2D eigenvalue weighted by atomic mass is 10.1. The third-order valence-corrected chi connectivity index (χ3v) is 2.24. The Bertz CT molecular complexity index is 466. The number of ether oxygens (including phenoxy) is 1. The molecule has 0 heterocycles. The number of nitrogens with two attached hydrogens (primary N) is 1. The minimum absolute atomic E-state index is 0.0579. The van der Waals surface area contributed by atoms with E-state index in [1.165, 1.54) is 13.2 Å². The zero-order valence-electron chi connectivity index (χ0n) is 9.64. The van der Waals surface area contributed by atoms with Gasteiger partial charge < -0.3 is 15.8 Å². The molecule has 0 aliphatic rings. The first kappa shape index (κ1) is 14.1. The summed E-state index contributed by atoms with van der Waals surface area (Å²) >= 11 is 0. The van der Waals surface area contributed by atoms with Crippen LogP contribution in [0, 0.1) is 11.3 Å². The van der Waals surface area contributed by atoms with Gasteiger partial charge in [-0.05, 0) is 12.1 Å². The smallest absolute Gasteiger partial charge is 0.397 e. The highest BCUT2D eigenvalue weighted by molar-refractivity contribution is 5.70. The highest BCUT2D eigenvalue weighted by Crippen LogP contribution is 2.35. The van der Waals surface area contributed by atoms with Gasteiger partial charge in [-0.15, -0.1) is 0 Å². The first-order valence-corrected chi connectivity index (χ1v) is 5.03. The van der Waals surface area contributed by atoms with Gasteiger partial charge >= 0.3 is 6.18 Å². The highest BCUT2D eigenvalue weighted by Gasteiger charge is 2.34. The number of nitrogen functional groups attached to an aromatic ring is 1. The number of alkyl halides is 3. The summed E-state index contributed by atoms with van der Waals surface area (Å²) in [6.45, 7) is 0.763. The normalized spacial score (nSPS) is 11.1. The lowest BCUT2D eigenvalue weighted by molar-refractivity contribution is -0.137. The summed E-state index contributed by atoms with van der Waals surface area (Å²) in [5.74, 6) is 0. The van der Waals surface area contributed by atoms with Gasteiger partial charge in [0.05, 0.1) is 35.2 Å². The SMILES string of the molecule is COCCNc1cc(C#N)c(C(F)(F)F)cc1N. The number of nitrogens with zero attached hydrogens (tertiary/aromatic N) is 1. The standard InChI is InChI=1S/C11H12F3N3O/c1-18-3-2-17-10-4-7(6-15)8(5-9(10)16)11(12,13)14/h4-5,17H,2-3,16H2,1H3. The van der Waals surface area contributed by atoms with Crippen LogP contribution in [0.15, 0.2) is 12.1 Å². The van der Waals surface area contributed by atoms with Crippen molar-refractivity contribution in [3.8, 4) is 6.07 Å². The van der Waals surface area contributed by atoms with E-state index in [4.69, 9.17) is 15.7 Å². The van der Waals surface area contributed by atoms with Gasteiger partial charge in [0.25, 0.3) is 0 Å². The van der Waals surface area contributed by atoms with Gasteiger partial charge in [0.1, 0.15) is 0 Å². The average molecular weight is 259 g/mol. The van der Waals surface area contributed by atoms with Crippen molar-refractivity contribution in [2.45, 2.75) is 6.18 Å². The summed E-state index contributed by atoms with van der Waals surface area (Å²) in [6, 6.07) is 3.36. The largest absolute Gasteiger partial charge is 0.417 e. The van der Waals surface area contributed by atoms with Crippen LogP contribution < -0.4 is 11.1 Å². The van der Waals surface area contributed by atoms with Gasteiger partial charge in [0, 0.05) is 13.7 Å². The molecule has 0 spiro atoms. The second kappa shape index (κ2) is 5.60. The van der Waals surface area contributed by atoms with E-state index in [-0.39, 0.29) is 11.4 Å². The van der Waals surface area contributed by atoms with E-state index in [1.54, 1.807) is 0 Å². The topological polar surface area (TPSA) is 71.1 Å². The van der Waals surface area contributed by atoms with Crippen molar-refractivity contribution in [2.75, 3.05) is 31.3 Å². The van der Waals surface area contributed by atoms with Crippen molar-refractivity contribution in [3.63, 3.8) is 0 Å². The van der Waals surface area contributed by atoms with Crippen LogP contribution in [0.4, 0.5) is 24.5 Å². The molecule has 4 nitrogen and oxygen atoms in total. The second-order valence-corrected chi connectivity index (χ2v) is 3.51. The van der Waals surface area contributed by atoms with E-state index < -0.39 is 17.3 Å². The molecule has 0 aliphatic heterocycles. The molecule has 0 bridgehead atoms. The number of halogens is 3. The van der Waals surface area contributed by atoms with Crippen LogP contribution in [0.2, 0.25) is 0 Å². The predicted molar refractivity (Wildman–Crippen MR) is 60.9 cm³/mol. The van der Waals surface area contributed by atoms with Crippen LogP contribution in [0.5, 0.6) is 0 Å². The molecule has 98 valence electrons. The Morgan fingerprint density at radius 2 is 2.11 bits per heavy atom. The number of anilines is 2. The molecule has 0 fully saturated rings. The maximum Gasteiger partial charge on any atom is 0.417 e. The molecule has 3 N–H and O–H groups in total. The van der Waals surface area contributed by atoms with E-state index in [0.29, 0.717) is 13.2 Å². The summed E-state index contributed by atoms with van der Waals surface area (Å²) in [5.41, 5.74) is 4.25. The van der Waals surface area contributed by atoms with Crippen LogP contribution in [-0.2, 0) is 10.9 Å². The zero-order chi connectivity index (χ0) is 13.8. The van der Waals surface area contributed by atoms with Gasteiger partial charge in [-0.2, -0.15) is 18.4 Å². The average Bonchev–Trinajstić information content (AvgIpc) is 2.29. The number of rotatable bonds is 4. The number of nitriles is 1. The van der Waals surface area contributed by atoms with Crippen molar-refractivity contribution in [1.82, 2.24) is 0 Å². The molecule has 0 aliphatic carbocycles. The zero-order valence-corrected chi connectivity index (χ0v) is 9.64. The van der Waals surface area contributed by atoms with Gasteiger partial charge in [0.15, 0.2) is 0 Å². The van der Waals surface area contributed by atoms with E-state index >= 15 is 0 Å². The molecule has 7 heteroatoms. The molecule has 18 heavy (non-hydrogen) atoms. The monoisotopic (exact) mass is 259 g/mol. The fourth-order valence-electron chi connectivity index (χ4n) is 1.38. The summed E-state index contributed by atoms with van der Waals surface area (Å²) in [5, 5.41) is 11.5. The third-order valence-electron chi connectivity index (χ3n) is 2.24. The van der Waals surface area contributed by atoms with Crippen LogP contribution in [0.3, 0.4) is 0 Å². The van der Waals surface area contributed by atoms with Gasteiger partial charge in [-0.1, -0.05) is 0 Å². The molecule has 0 radical (unpaired) electrons. The van der Waals surface area contributed by atoms with E-state index in [0.717, 1.165) is 12.1 Å². The lowest BCUT2D eigenvalue weighted by Crippen LogP contribution is -2.13. The Hall–Kier alpha value is -1.94. The summed E-state index contributed by atoms with van der Waals surface area (Å²) < 4.78 is 42.6. The first-order valence-electron chi connectivity index (χ1n) is 5.03. The van der Waals surface area contributed by atoms with Gasteiger partial charge in [-0.3, -0.25) is 0 Å². The Kier molecular flexibility index (Phi) is 4.39. The Labute approximate surface area is 102 Å². The number of methoxy groups -OCH3 is 1. The van der Waals surface area contributed by atoms with Crippen molar-refractivity contribution in [2.24, 2.45) is 0 Å². The summed E-state index contributed by atoms with van der Waals surface area (Å²) in [7, 11) is 1.50. The first-order chi connectivity index (χ1) is 8.40. The maximum atomic E-state index is 12.6. The lowest BCUT2D eigenvalue weighted by Gasteiger charge is -2.14. The van der Waals surface area contributed by atoms with E-state index in [9.17, 15) is 13.2 Å². The van der Waals surface area contributed by atoms with Crippen molar-refractivity contribution in [1.29, 1.82) is 5.26 Å². The van der Waals surface area contributed by atoms with Gasteiger partial charge in [0.2, 0.25) is 0 Å². The van der Waals surface area contributed by atoms with Crippen LogP contribution in [0.1, 0.15) is 11.1 Å². The van der Waals surface area contributed by atoms with Crippen LogP contribution in [-0.4, -0.2) is 20.3 Å². The van der Waals surface area contributed by atoms with E-state index in [2.05, 4.69) is 5.32 Å². The quantitative estimate of drug-likeness (QED) is 0.642. The van der Waals surface area contributed by atoms with E-state index in [1.807, 2.05) is 0 Å². The highest BCUT2D eigenvalue weighted by atomic mass is 19.4. The second-order valence-electron chi connectivity index (χ2n) is 3.51. The Morgan fingerprint density at radius 3 is 2.61 bits per heavy atom. The number of hydrogen-bond acceptors (Lipinski definition) is 4. The molecular formula is C11H12F3N3O. The van der Waals surface area contributed by atoms with Crippen molar-refractivity contribution >= 4 is 11.4 Å². The molecule has 0 saturated carbocycles. The minimum Gasteiger partial charge on any atom is -0.397 e. The molecule has 0 saturated heterocycles. The maximum absolute atomic E-state index is 12.6. The number of hydrogen-bond donors (Lipinski definition) is 2. The molecular weight excluding hydrogens is 247 g/mol. The number of benzene rings is 1. The Morgan fingerprint density at radius 1 is 1.44 bits per heavy atom. The predicted octanol–water partition coefficient (Wildman–Crippen LogP) is 2.22. The van der Waals surface area contributed by atoms with Crippen LogP contribution >= 0.6 is 0 Å².